The molecule has 2 aliphatic rings. The SMILES string of the molecule is COc1cccc(NC(=O)NC[C@@H](c2ccc3c(c2)CCCN3C)N2CCCC2)c1OC. The van der Waals surface area contributed by atoms with Crippen molar-refractivity contribution in [1.29, 1.82) is 0 Å². The van der Waals surface area contributed by atoms with Crippen molar-refractivity contribution in [2.24, 2.45) is 0 Å². The van der Waals surface area contributed by atoms with Gasteiger partial charge < -0.3 is 25.0 Å². The molecule has 2 aromatic rings. The van der Waals surface area contributed by atoms with Gasteiger partial charge in [0.25, 0.3) is 0 Å². The monoisotopic (exact) mass is 438 g/mol. The van der Waals surface area contributed by atoms with Gasteiger partial charge in [-0.2, -0.15) is 0 Å². The second-order valence-electron chi connectivity index (χ2n) is 8.55. The average Bonchev–Trinajstić information content (AvgIpc) is 3.33. The van der Waals surface area contributed by atoms with Crippen LogP contribution in [-0.4, -0.2) is 58.4 Å². The van der Waals surface area contributed by atoms with Gasteiger partial charge in [-0.25, -0.2) is 4.79 Å². The number of fused-ring (bicyclic) bond motifs is 1. The molecule has 0 spiro atoms. The Kier molecular flexibility index (Phi) is 7.05. The number of methoxy groups -OCH3 is 2. The van der Waals surface area contributed by atoms with Crippen LogP contribution >= 0.6 is 0 Å². The summed E-state index contributed by atoms with van der Waals surface area (Å²) in [5.41, 5.74) is 4.60. The molecule has 1 atom stereocenters. The Labute approximate surface area is 190 Å². The summed E-state index contributed by atoms with van der Waals surface area (Å²) < 4.78 is 10.8. The van der Waals surface area contributed by atoms with Crippen molar-refractivity contribution < 1.29 is 14.3 Å². The zero-order valence-electron chi connectivity index (χ0n) is 19.3. The number of aryl methyl sites for hydroxylation is 1. The highest BCUT2D eigenvalue weighted by atomic mass is 16.5. The molecule has 0 aromatic heterocycles. The molecule has 1 fully saturated rings. The molecule has 0 radical (unpaired) electrons. The van der Waals surface area contributed by atoms with Gasteiger partial charge in [-0.1, -0.05) is 18.2 Å². The summed E-state index contributed by atoms with van der Waals surface area (Å²) in [7, 11) is 5.31. The topological polar surface area (TPSA) is 66.1 Å². The van der Waals surface area contributed by atoms with Gasteiger partial charge in [0.15, 0.2) is 11.5 Å². The number of hydrogen-bond donors (Lipinski definition) is 2. The fraction of sp³-hybridized carbons (Fsp3) is 0.480. The van der Waals surface area contributed by atoms with Crippen LogP contribution in [0.15, 0.2) is 36.4 Å². The van der Waals surface area contributed by atoms with Crippen molar-refractivity contribution in [3.63, 3.8) is 0 Å². The first kappa shape index (κ1) is 22.3. The summed E-state index contributed by atoms with van der Waals surface area (Å²) in [4.78, 5) is 17.6. The van der Waals surface area contributed by atoms with E-state index in [0.29, 0.717) is 23.7 Å². The number of benzene rings is 2. The zero-order valence-corrected chi connectivity index (χ0v) is 19.3. The molecule has 1 saturated heterocycles. The van der Waals surface area contributed by atoms with Crippen LogP contribution in [0.1, 0.15) is 36.4 Å². The minimum Gasteiger partial charge on any atom is -0.493 e. The molecular formula is C25H34N4O3. The van der Waals surface area contributed by atoms with Crippen LogP contribution < -0.4 is 25.0 Å². The molecule has 2 aromatic carbocycles. The Balaban J connectivity index is 1.48. The zero-order chi connectivity index (χ0) is 22.5. The number of carbonyl (C=O) groups excluding carboxylic acids is 1. The van der Waals surface area contributed by atoms with Gasteiger partial charge in [-0.3, -0.25) is 4.90 Å². The van der Waals surface area contributed by atoms with Crippen molar-refractivity contribution in [2.45, 2.75) is 31.7 Å². The first-order valence-electron chi connectivity index (χ1n) is 11.4. The van der Waals surface area contributed by atoms with Crippen molar-refractivity contribution in [3.8, 4) is 11.5 Å². The van der Waals surface area contributed by atoms with E-state index in [0.717, 1.165) is 26.1 Å². The van der Waals surface area contributed by atoms with Crippen LogP contribution in [0.3, 0.4) is 0 Å². The van der Waals surface area contributed by atoms with Gasteiger partial charge >= 0.3 is 6.03 Å². The maximum absolute atomic E-state index is 12.8. The van der Waals surface area contributed by atoms with E-state index < -0.39 is 0 Å². The quantitative estimate of drug-likeness (QED) is 0.683. The molecule has 0 aliphatic carbocycles. The fourth-order valence-corrected chi connectivity index (χ4v) is 4.86. The van der Waals surface area contributed by atoms with E-state index in [1.54, 1.807) is 26.4 Å². The number of likely N-dealkylation sites (tertiary alicyclic amines) is 1. The minimum atomic E-state index is -0.251. The van der Waals surface area contributed by atoms with Crippen molar-refractivity contribution >= 4 is 17.4 Å². The van der Waals surface area contributed by atoms with E-state index in [9.17, 15) is 4.79 Å². The van der Waals surface area contributed by atoms with Gasteiger partial charge in [0.1, 0.15) is 0 Å². The predicted molar refractivity (Wildman–Crippen MR) is 128 cm³/mol. The normalized spacial score (nSPS) is 16.9. The molecule has 0 saturated carbocycles. The van der Waals surface area contributed by atoms with E-state index in [1.165, 1.54) is 36.1 Å². The summed E-state index contributed by atoms with van der Waals surface area (Å²) in [6.45, 7) is 3.79. The summed E-state index contributed by atoms with van der Waals surface area (Å²) in [6, 6.07) is 12.2. The lowest BCUT2D eigenvalue weighted by atomic mass is 9.96. The molecule has 32 heavy (non-hydrogen) atoms. The molecule has 2 amide bonds. The lowest BCUT2D eigenvalue weighted by Gasteiger charge is -2.32. The third kappa shape index (κ3) is 4.78. The Morgan fingerprint density at radius 2 is 1.88 bits per heavy atom. The Hall–Kier alpha value is -2.93. The number of carbonyl (C=O) groups is 1. The summed E-state index contributed by atoms with van der Waals surface area (Å²) in [5.74, 6) is 1.10. The Bertz CT molecular complexity index is 943. The first-order valence-corrected chi connectivity index (χ1v) is 11.4. The van der Waals surface area contributed by atoms with E-state index in [2.05, 4.69) is 45.7 Å². The summed E-state index contributed by atoms with van der Waals surface area (Å²) >= 11 is 0. The lowest BCUT2D eigenvalue weighted by molar-refractivity contribution is 0.227. The maximum atomic E-state index is 12.8. The average molecular weight is 439 g/mol. The third-order valence-electron chi connectivity index (χ3n) is 6.53. The number of urea groups is 1. The van der Waals surface area contributed by atoms with Crippen LogP contribution in [0.2, 0.25) is 0 Å². The second kappa shape index (κ2) is 10.1. The molecule has 0 bridgehead atoms. The van der Waals surface area contributed by atoms with Crippen LogP contribution in [0, 0.1) is 0 Å². The molecule has 0 unspecified atom stereocenters. The summed E-state index contributed by atoms with van der Waals surface area (Å²) in [6.07, 6.45) is 4.71. The standard InChI is InChI=1S/C25H34N4O3/c1-28-13-7-8-18-16-19(11-12-21(18)28)22(29-14-4-5-15-29)17-26-25(30)27-20-9-6-10-23(31-2)24(20)32-3/h6,9-12,16,22H,4-5,7-8,13-15,17H2,1-3H3,(H2,26,27,30)/t22-/m0/s1. The molecular weight excluding hydrogens is 404 g/mol. The van der Waals surface area contributed by atoms with Gasteiger partial charge in [-0.15, -0.1) is 0 Å². The molecule has 7 heteroatoms. The van der Waals surface area contributed by atoms with Crippen LogP contribution in [-0.2, 0) is 6.42 Å². The number of amides is 2. The van der Waals surface area contributed by atoms with Gasteiger partial charge in [0.2, 0.25) is 0 Å². The van der Waals surface area contributed by atoms with Gasteiger partial charge in [0, 0.05) is 25.8 Å². The number of rotatable bonds is 7. The maximum Gasteiger partial charge on any atom is 0.319 e. The van der Waals surface area contributed by atoms with Crippen molar-refractivity contribution in [2.75, 3.05) is 57.7 Å². The molecule has 4 rings (SSSR count). The Morgan fingerprint density at radius 3 is 2.62 bits per heavy atom. The number of hydrogen-bond acceptors (Lipinski definition) is 5. The second-order valence-corrected chi connectivity index (χ2v) is 8.55. The van der Waals surface area contributed by atoms with Crippen LogP contribution in [0.25, 0.3) is 0 Å². The molecule has 7 nitrogen and oxygen atoms in total. The molecule has 2 N–H and O–H groups in total. The highest BCUT2D eigenvalue weighted by Gasteiger charge is 2.26. The molecule has 172 valence electrons. The van der Waals surface area contributed by atoms with Crippen LogP contribution in [0.4, 0.5) is 16.2 Å². The van der Waals surface area contributed by atoms with Crippen LogP contribution in [0.5, 0.6) is 11.5 Å². The van der Waals surface area contributed by atoms with E-state index in [4.69, 9.17) is 9.47 Å². The van der Waals surface area contributed by atoms with E-state index >= 15 is 0 Å². The number of anilines is 2. The van der Waals surface area contributed by atoms with E-state index in [1.807, 2.05) is 6.07 Å². The highest BCUT2D eigenvalue weighted by molar-refractivity contribution is 5.91. The first-order chi connectivity index (χ1) is 15.6. The number of para-hydroxylation sites is 1. The third-order valence-corrected chi connectivity index (χ3v) is 6.53. The summed E-state index contributed by atoms with van der Waals surface area (Å²) in [5, 5.41) is 5.99. The van der Waals surface area contributed by atoms with Crippen molar-refractivity contribution in [3.05, 3.63) is 47.5 Å². The van der Waals surface area contributed by atoms with E-state index in [-0.39, 0.29) is 12.1 Å². The highest BCUT2D eigenvalue weighted by Crippen LogP contribution is 2.35. The number of nitrogens with one attached hydrogen (secondary N) is 2. The van der Waals surface area contributed by atoms with Crippen molar-refractivity contribution in [1.82, 2.24) is 10.2 Å². The van der Waals surface area contributed by atoms with Gasteiger partial charge in [0.05, 0.1) is 25.9 Å². The van der Waals surface area contributed by atoms with Gasteiger partial charge in [-0.05, 0) is 68.1 Å². The predicted octanol–water partition coefficient (Wildman–Crippen LogP) is 4.04. The number of nitrogens with zero attached hydrogens (tertiary/aromatic N) is 2. The number of ether oxygens (including phenoxy) is 2. The molecule has 2 heterocycles. The smallest absolute Gasteiger partial charge is 0.319 e. The Morgan fingerprint density at radius 1 is 1.06 bits per heavy atom. The fourth-order valence-electron chi connectivity index (χ4n) is 4.86. The largest absolute Gasteiger partial charge is 0.493 e. The minimum absolute atomic E-state index is 0.160. The lowest BCUT2D eigenvalue weighted by Crippen LogP contribution is -2.38. The molecule has 2 aliphatic heterocycles.